The fourth-order valence-corrected chi connectivity index (χ4v) is 11.3. The maximum Gasteiger partial charge on any atom is 0.0546 e. The fraction of sp³-hybridized carbons (Fsp3) is 0.0508. The summed E-state index contributed by atoms with van der Waals surface area (Å²) >= 11 is 1.86. The molecule has 0 fully saturated rings. The summed E-state index contributed by atoms with van der Waals surface area (Å²) in [6.45, 7) is 4.75. The monoisotopic (exact) mass is 795 g/mol. The number of anilines is 3. The molecule has 12 rings (SSSR count). The quantitative estimate of drug-likeness (QED) is 0.152. The molecule has 1 aromatic heterocycles. The van der Waals surface area contributed by atoms with E-state index in [1.165, 1.54) is 97.4 Å². The first-order valence-corrected chi connectivity index (χ1v) is 22.0. The molecule has 0 saturated carbocycles. The van der Waals surface area contributed by atoms with Crippen LogP contribution < -0.4 is 4.90 Å². The normalized spacial score (nSPS) is 12.9. The van der Waals surface area contributed by atoms with Crippen LogP contribution in [0.5, 0.6) is 0 Å². The molecule has 1 aliphatic rings. The molecule has 2 heteroatoms. The maximum atomic E-state index is 2.49. The van der Waals surface area contributed by atoms with Crippen LogP contribution in [0.4, 0.5) is 17.1 Å². The molecule has 0 bridgehead atoms. The third-order valence-corrected chi connectivity index (χ3v) is 14.2. The van der Waals surface area contributed by atoms with Crippen LogP contribution in [0, 0.1) is 0 Å². The molecule has 288 valence electrons. The third kappa shape index (κ3) is 5.67. The first-order valence-electron chi connectivity index (χ1n) is 21.2. The van der Waals surface area contributed by atoms with E-state index in [2.05, 4.69) is 231 Å². The van der Waals surface area contributed by atoms with Gasteiger partial charge >= 0.3 is 0 Å². The molecule has 0 spiro atoms. The van der Waals surface area contributed by atoms with Gasteiger partial charge in [-0.1, -0.05) is 178 Å². The Morgan fingerprint density at radius 1 is 0.361 bits per heavy atom. The Balaban J connectivity index is 1.09. The van der Waals surface area contributed by atoms with Crippen LogP contribution in [0.25, 0.3) is 86.2 Å². The average Bonchev–Trinajstić information content (AvgIpc) is 3.81. The van der Waals surface area contributed by atoms with E-state index >= 15 is 0 Å². The van der Waals surface area contributed by atoms with Gasteiger partial charge in [-0.3, -0.25) is 0 Å². The predicted octanol–water partition coefficient (Wildman–Crippen LogP) is 17.1. The summed E-state index contributed by atoms with van der Waals surface area (Å²) in [6.07, 6.45) is 0. The second kappa shape index (κ2) is 13.9. The first-order chi connectivity index (χ1) is 30.0. The van der Waals surface area contributed by atoms with Gasteiger partial charge in [0.25, 0.3) is 0 Å². The van der Waals surface area contributed by atoms with Gasteiger partial charge < -0.3 is 4.90 Å². The molecule has 11 aromatic rings. The molecule has 0 unspecified atom stereocenters. The smallest absolute Gasteiger partial charge is 0.0546 e. The van der Waals surface area contributed by atoms with E-state index in [-0.39, 0.29) is 5.41 Å². The average molecular weight is 796 g/mol. The summed E-state index contributed by atoms with van der Waals surface area (Å²) in [7, 11) is 0. The molecular formula is C59H41NS. The maximum absolute atomic E-state index is 2.49. The van der Waals surface area contributed by atoms with E-state index in [1.807, 2.05) is 11.3 Å². The second-order valence-corrected chi connectivity index (χ2v) is 17.9. The molecule has 61 heavy (non-hydrogen) atoms. The number of fused-ring (bicyclic) bond motifs is 9. The summed E-state index contributed by atoms with van der Waals surface area (Å²) in [5.74, 6) is 0. The zero-order valence-corrected chi connectivity index (χ0v) is 34.9. The van der Waals surface area contributed by atoms with E-state index in [0.29, 0.717) is 0 Å². The lowest BCUT2D eigenvalue weighted by Crippen LogP contribution is -2.16. The van der Waals surface area contributed by atoms with Crippen LogP contribution in [-0.4, -0.2) is 0 Å². The predicted molar refractivity (Wildman–Crippen MR) is 263 cm³/mol. The Morgan fingerprint density at radius 3 is 1.84 bits per heavy atom. The van der Waals surface area contributed by atoms with Crippen LogP contribution >= 0.6 is 11.3 Å². The van der Waals surface area contributed by atoms with Gasteiger partial charge in [0, 0.05) is 42.5 Å². The van der Waals surface area contributed by atoms with E-state index in [4.69, 9.17) is 0 Å². The Hall–Kier alpha value is -7.26. The standard InChI is InChI=1S/C59H41NS/c1-59(2)54-25-12-10-21-49(54)51-24-14-23-46(58(51)59)39-27-30-42(31-28-39)60(43-32-34-57-53(37-43)50-22-11-13-26-56(50)61-57)55-36-41(29-33-45(55)38-15-4-3-5-16-38)52-35-40-17-6-7-18-44(40)47-19-8-9-20-48(47)52/h3-37H,1-2H3. The summed E-state index contributed by atoms with van der Waals surface area (Å²) in [6, 6.07) is 78.8. The number of hydrogen-bond donors (Lipinski definition) is 0. The molecule has 1 aliphatic carbocycles. The molecule has 1 heterocycles. The van der Waals surface area contributed by atoms with E-state index in [0.717, 1.165) is 17.1 Å². The van der Waals surface area contributed by atoms with Crippen molar-refractivity contribution in [3.8, 4) is 44.5 Å². The topological polar surface area (TPSA) is 3.24 Å². The van der Waals surface area contributed by atoms with Crippen LogP contribution in [0.3, 0.4) is 0 Å². The lowest BCUT2D eigenvalue weighted by atomic mass is 9.79. The Kier molecular flexibility index (Phi) is 8.13. The largest absolute Gasteiger partial charge is 0.310 e. The molecule has 0 atom stereocenters. The zero-order valence-electron chi connectivity index (χ0n) is 34.1. The summed E-state index contributed by atoms with van der Waals surface area (Å²) in [5.41, 5.74) is 16.0. The number of thiophene rings is 1. The molecule has 0 saturated heterocycles. The van der Waals surface area contributed by atoms with Gasteiger partial charge in [0.1, 0.15) is 0 Å². The molecule has 1 nitrogen and oxygen atoms in total. The highest BCUT2D eigenvalue weighted by atomic mass is 32.1. The lowest BCUT2D eigenvalue weighted by Gasteiger charge is -2.29. The molecule has 0 aliphatic heterocycles. The molecule has 0 amide bonds. The lowest BCUT2D eigenvalue weighted by molar-refractivity contribution is 0.662. The minimum Gasteiger partial charge on any atom is -0.310 e. The van der Waals surface area contributed by atoms with Crippen molar-refractivity contribution >= 4 is 70.1 Å². The van der Waals surface area contributed by atoms with Crippen molar-refractivity contribution in [2.75, 3.05) is 4.90 Å². The van der Waals surface area contributed by atoms with Gasteiger partial charge in [0.2, 0.25) is 0 Å². The Morgan fingerprint density at radius 2 is 0.984 bits per heavy atom. The SMILES string of the molecule is CC1(C)c2ccccc2-c2cccc(-c3ccc(N(c4ccc5sc6ccccc6c5c4)c4cc(-c5cc6ccccc6c6ccccc56)ccc4-c4ccccc4)cc3)c21. The molecular weight excluding hydrogens is 755 g/mol. The fourth-order valence-electron chi connectivity index (χ4n) is 10.2. The highest BCUT2D eigenvalue weighted by Gasteiger charge is 2.37. The highest BCUT2D eigenvalue weighted by Crippen LogP contribution is 2.53. The van der Waals surface area contributed by atoms with Crippen molar-refractivity contribution in [2.24, 2.45) is 0 Å². The van der Waals surface area contributed by atoms with Crippen LogP contribution in [-0.2, 0) is 5.41 Å². The summed E-state index contributed by atoms with van der Waals surface area (Å²) in [5, 5.41) is 7.61. The minimum absolute atomic E-state index is 0.107. The van der Waals surface area contributed by atoms with Crippen LogP contribution in [0.15, 0.2) is 212 Å². The first kappa shape index (κ1) is 35.7. The van der Waals surface area contributed by atoms with Gasteiger partial charge in [0.05, 0.1) is 5.69 Å². The van der Waals surface area contributed by atoms with Gasteiger partial charge in [-0.2, -0.15) is 0 Å². The summed E-state index contributed by atoms with van der Waals surface area (Å²) in [4.78, 5) is 2.49. The van der Waals surface area contributed by atoms with Crippen LogP contribution in [0.1, 0.15) is 25.0 Å². The number of rotatable bonds is 6. The number of nitrogens with zero attached hydrogens (tertiary/aromatic N) is 1. The molecule has 0 radical (unpaired) electrons. The minimum atomic E-state index is -0.107. The van der Waals surface area contributed by atoms with Crippen molar-refractivity contribution in [3.05, 3.63) is 223 Å². The van der Waals surface area contributed by atoms with Gasteiger partial charge in [-0.05, 0) is 120 Å². The third-order valence-electron chi connectivity index (χ3n) is 13.0. The molecule has 10 aromatic carbocycles. The van der Waals surface area contributed by atoms with E-state index < -0.39 is 0 Å². The van der Waals surface area contributed by atoms with Gasteiger partial charge in [-0.15, -0.1) is 11.3 Å². The van der Waals surface area contributed by atoms with Crippen molar-refractivity contribution in [1.29, 1.82) is 0 Å². The van der Waals surface area contributed by atoms with Crippen molar-refractivity contribution < 1.29 is 0 Å². The number of hydrogen-bond acceptors (Lipinski definition) is 2. The van der Waals surface area contributed by atoms with Gasteiger partial charge in [-0.25, -0.2) is 0 Å². The van der Waals surface area contributed by atoms with Gasteiger partial charge in [0.15, 0.2) is 0 Å². The Bertz CT molecular complexity index is 3500. The summed E-state index contributed by atoms with van der Waals surface area (Å²) < 4.78 is 2.60. The van der Waals surface area contributed by atoms with Crippen molar-refractivity contribution in [1.82, 2.24) is 0 Å². The zero-order chi connectivity index (χ0) is 40.7. The van der Waals surface area contributed by atoms with E-state index in [1.54, 1.807) is 0 Å². The number of benzene rings is 10. The Labute approximate surface area is 360 Å². The molecule has 0 N–H and O–H groups in total. The van der Waals surface area contributed by atoms with E-state index in [9.17, 15) is 0 Å². The van der Waals surface area contributed by atoms with Crippen molar-refractivity contribution in [3.63, 3.8) is 0 Å². The second-order valence-electron chi connectivity index (χ2n) is 16.8. The highest BCUT2D eigenvalue weighted by molar-refractivity contribution is 7.25. The van der Waals surface area contributed by atoms with Crippen LogP contribution in [0.2, 0.25) is 0 Å². The van der Waals surface area contributed by atoms with Crippen molar-refractivity contribution in [2.45, 2.75) is 19.3 Å².